The van der Waals surface area contributed by atoms with E-state index in [0.29, 0.717) is 13.1 Å². The molecule has 2 atom stereocenters. The second kappa shape index (κ2) is 6.26. The Bertz CT molecular complexity index is 370. The van der Waals surface area contributed by atoms with Gasteiger partial charge in [-0.1, -0.05) is 38.7 Å². The molecule has 0 aromatic rings. The Morgan fingerprint density at radius 1 is 1.53 bits per heavy atom. The number of hydrogen-bond donors (Lipinski definition) is 2. The summed E-state index contributed by atoms with van der Waals surface area (Å²) in [6.07, 6.45) is 3.90. The van der Waals surface area contributed by atoms with E-state index in [0.717, 1.165) is 25.7 Å². The van der Waals surface area contributed by atoms with Gasteiger partial charge in [0.05, 0.1) is 0 Å². The number of primary amides is 1. The molecular weight excluding hydrogens is 242 g/mol. The lowest BCUT2D eigenvalue weighted by molar-refractivity contribution is -0.131. The lowest BCUT2D eigenvalue weighted by Crippen LogP contribution is -2.64. The number of carbonyl (C=O) groups excluding carboxylic acids is 1. The first kappa shape index (κ1) is 15.8. The van der Waals surface area contributed by atoms with Crippen molar-refractivity contribution in [1.82, 2.24) is 5.32 Å². The number of amides is 1. The Kier molecular flexibility index (Phi) is 5.20. The van der Waals surface area contributed by atoms with E-state index in [2.05, 4.69) is 36.1 Å². The highest BCUT2D eigenvalue weighted by Crippen LogP contribution is 2.44. The van der Waals surface area contributed by atoms with Crippen LogP contribution in [0.1, 0.15) is 46.5 Å². The van der Waals surface area contributed by atoms with Gasteiger partial charge in [-0.25, -0.2) is 0 Å². The molecule has 1 aliphatic rings. The average Bonchev–Trinajstić information content (AvgIpc) is 2.33. The fraction of sp³-hybridized carbons (Fsp3) is 0.923. The standard InChI is InChI=1S/C13H25N5O/c1-12(2,3)10-6-4-5-7-13(10,11(14)19)16-8-9-17-18-15/h10,16H,4-9H2,1-3H3,(H2,14,19). The molecule has 0 aromatic carbocycles. The number of nitrogens with two attached hydrogens (primary N) is 1. The molecule has 108 valence electrons. The molecule has 0 aliphatic heterocycles. The van der Waals surface area contributed by atoms with Gasteiger partial charge in [-0.2, -0.15) is 0 Å². The summed E-state index contributed by atoms with van der Waals surface area (Å²) in [6, 6.07) is 0. The van der Waals surface area contributed by atoms with Crippen LogP contribution >= 0.6 is 0 Å². The number of hydrogen-bond acceptors (Lipinski definition) is 3. The van der Waals surface area contributed by atoms with E-state index in [1.165, 1.54) is 0 Å². The third kappa shape index (κ3) is 3.61. The van der Waals surface area contributed by atoms with E-state index in [-0.39, 0.29) is 17.2 Å². The summed E-state index contributed by atoms with van der Waals surface area (Å²) in [5.41, 5.74) is 13.3. The zero-order valence-corrected chi connectivity index (χ0v) is 12.1. The predicted molar refractivity (Wildman–Crippen MR) is 75.4 cm³/mol. The Labute approximate surface area is 114 Å². The molecule has 1 saturated carbocycles. The molecule has 1 aliphatic carbocycles. The third-order valence-corrected chi connectivity index (χ3v) is 4.11. The molecule has 6 heteroatoms. The van der Waals surface area contributed by atoms with Gasteiger partial charge in [0.1, 0.15) is 5.54 Å². The normalized spacial score (nSPS) is 27.6. The highest BCUT2D eigenvalue weighted by atomic mass is 16.1. The topological polar surface area (TPSA) is 104 Å². The average molecular weight is 267 g/mol. The lowest BCUT2D eigenvalue weighted by Gasteiger charge is -2.48. The second-order valence-electron chi connectivity index (χ2n) is 6.38. The van der Waals surface area contributed by atoms with Crippen LogP contribution in [-0.4, -0.2) is 24.5 Å². The summed E-state index contributed by atoms with van der Waals surface area (Å²) in [5.74, 6) is -0.0784. The summed E-state index contributed by atoms with van der Waals surface area (Å²) in [6.45, 7) is 7.27. The monoisotopic (exact) mass is 267 g/mol. The van der Waals surface area contributed by atoms with Crippen LogP contribution in [0, 0.1) is 11.3 Å². The Balaban J connectivity index is 2.92. The van der Waals surface area contributed by atoms with Gasteiger partial charge in [-0.15, -0.1) is 0 Å². The van der Waals surface area contributed by atoms with E-state index >= 15 is 0 Å². The molecule has 19 heavy (non-hydrogen) atoms. The van der Waals surface area contributed by atoms with Gasteiger partial charge in [0.2, 0.25) is 5.91 Å². The van der Waals surface area contributed by atoms with Gasteiger partial charge in [0, 0.05) is 18.0 Å². The number of nitrogens with one attached hydrogen (secondary N) is 1. The fourth-order valence-electron chi connectivity index (χ4n) is 3.31. The minimum absolute atomic E-state index is 0.0148. The zero-order valence-electron chi connectivity index (χ0n) is 12.1. The quantitative estimate of drug-likeness (QED) is 0.345. The molecule has 0 spiro atoms. The van der Waals surface area contributed by atoms with Gasteiger partial charge < -0.3 is 11.1 Å². The highest BCUT2D eigenvalue weighted by molar-refractivity contribution is 5.85. The Morgan fingerprint density at radius 2 is 2.21 bits per heavy atom. The van der Waals surface area contributed by atoms with Crippen LogP contribution in [0.15, 0.2) is 5.11 Å². The van der Waals surface area contributed by atoms with Crippen molar-refractivity contribution in [3.8, 4) is 0 Å². The summed E-state index contributed by atoms with van der Waals surface area (Å²) in [4.78, 5) is 14.8. The molecule has 6 nitrogen and oxygen atoms in total. The SMILES string of the molecule is CC(C)(C)C1CCCCC1(NCCN=[N+]=[N-])C(N)=O. The Hall–Kier alpha value is -1.26. The summed E-state index contributed by atoms with van der Waals surface area (Å²) >= 11 is 0. The summed E-state index contributed by atoms with van der Waals surface area (Å²) in [7, 11) is 0. The fourth-order valence-corrected chi connectivity index (χ4v) is 3.31. The number of azide groups is 1. The van der Waals surface area contributed by atoms with Gasteiger partial charge in [0.15, 0.2) is 0 Å². The van der Waals surface area contributed by atoms with E-state index in [9.17, 15) is 4.79 Å². The maximum atomic E-state index is 12.1. The van der Waals surface area contributed by atoms with Crippen molar-refractivity contribution >= 4 is 5.91 Å². The maximum Gasteiger partial charge on any atom is 0.238 e. The smallest absolute Gasteiger partial charge is 0.238 e. The van der Waals surface area contributed by atoms with Gasteiger partial charge in [-0.05, 0) is 29.7 Å². The van der Waals surface area contributed by atoms with Crippen molar-refractivity contribution in [2.45, 2.75) is 52.0 Å². The van der Waals surface area contributed by atoms with Crippen LogP contribution in [0.2, 0.25) is 0 Å². The van der Waals surface area contributed by atoms with E-state index < -0.39 is 5.54 Å². The first-order valence-electron chi connectivity index (χ1n) is 6.90. The van der Waals surface area contributed by atoms with Crippen LogP contribution in [0.25, 0.3) is 10.4 Å². The molecule has 1 amide bonds. The van der Waals surface area contributed by atoms with E-state index in [1.54, 1.807) is 0 Å². The zero-order chi connectivity index (χ0) is 14.5. The molecule has 0 bridgehead atoms. The molecule has 0 aromatic heterocycles. The molecule has 1 fully saturated rings. The van der Waals surface area contributed by atoms with Crippen LogP contribution in [0.4, 0.5) is 0 Å². The second-order valence-corrected chi connectivity index (χ2v) is 6.38. The van der Waals surface area contributed by atoms with Gasteiger partial charge >= 0.3 is 0 Å². The lowest BCUT2D eigenvalue weighted by atomic mass is 9.61. The van der Waals surface area contributed by atoms with Crippen molar-refractivity contribution < 1.29 is 4.79 Å². The third-order valence-electron chi connectivity index (χ3n) is 4.11. The Morgan fingerprint density at radius 3 is 2.74 bits per heavy atom. The highest BCUT2D eigenvalue weighted by Gasteiger charge is 2.49. The molecule has 0 saturated heterocycles. The molecule has 2 unspecified atom stereocenters. The van der Waals surface area contributed by atoms with Crippen LogP contribution in [-0.2, 0) is 4.79 Å². The minimum atomic E-state index is -0.665. The van der Waals surface area contributed by atoms with E-state index in [4.69, 9.17) is 11.3 Å². The molecular formula is C13H25N5O. The van der Waals surface area contributed by atoms with Crippen LogP contribution < -0.4 is 11.1 Å². The molecule has 3 N–H and O–H groups in total. The summed E-state index contributed by atoms with van der Waals surface area (Å²) < 4.78 is 0. The van der Waals surface area contributed by atoms with Crippen LogP contribution in [0.3, 0.4) is 0 Å². The van der Waals surface area contributed by atoms with Crippen molar-refractivity contribution in [3.05, 3.63) is 10.4 Å². The first-order valence-corrected chi connectivity index (χ1v) is 6.90. The van der Waals surface area contributed by atoms with Crippen molar-refractivity contribution in [2.24, 2.45) is 22.2 Å². The summed E-state index contributed by atoms with van der Waals surface area (Å²) in [5, 5.41) is 6.79. The number of nitrogens with zero attached hydrogens (tertiary/aromatic N) is 3. The first-order chi connectivity index (χ1) is 8.84. The number of carbonyl (C=O) groups is 1. The maximum absolute atomic E-state index is 12.1. The van der Waals surface area contributed by atoms with E-state index in [1.807, 2.05) is 0 Å². The largest absolute Gasteiger partial charge is 0.368 e. The van der Waals surface area contributed by atoms with Crippen molar-refractivity contribution in [1.29, 1.82) is 0 Å². The van der Waals surface area contributed by atoms with Crippen molar-refractivity contribution in [3.63, 3.8) is 0 Å². The molecule has 1 rings (SSSR count). The van der Waals surface area contributed by atoms with Crippen molar-refractivity contribution in [2.75, 3.05) is 13.1 Å². The predicted octanol–water partition coefficient (Wildman–Crippen LogP) is 2.35. The van der Waals surface area contributed by atoms with Gasteiger partial charge in [0.25, 0.3) is 0 Å². The molecule has 0 radical (unpaired) electrons. The van der Waals surface area contributed by atoms with Crippen LogP contribution in [0.5, 0.6) is 0 Å². The molecule has 0 heterocycles. The van der Waals surface area contributed by atoms with Gasteiger partial charge in [-0.3, -0.25) is 4.79 Å². The number of rotatable bonds is 5. The minimum Gasteiger partial charge on any atom is -0.368 e.